The smallest absolute Gasteiger partial charge is 0.226 e. The zero-order valence-electron chi connectivity index (χ0n) is 12.0. The maximum Gasteiger partial charge on any atom is 0.226 e. The molecule has 2 aromatic heterocycles. The Morgan fingerprint density at radius 1 is 1.48 bits per heavy atom. The van der Waals surface area contributed by atoms with Gasteiger partial charge in [-0.05, 0) is 31.2 Å². The van der Waals surface area contributed by atoms with Gasteiger partial charge in [0, 0.05) is 25.6 Å². The van der Waals surface area contributed by atoms with Crippen LogP contribution in [0.2, 0.25) is 0 Å². The van der Waals surface area contributed by atoms with Crippen LogP contribution in [0.15, 0.2) is 11.4 Å². The first-order chi connectivity index (χ1) is 10.2. The molecule has 7 heteroatoms. The Labute approximate surface area is 127 Å². The lowest BCUT2D eigenvalue weighted by Crippen LogP contribution is -2.39. The summed E-state index contributed by atoms with van der Waals surface area (Å²) in [4.78, 5) is 23.7. The highest BCUT2D eigenvalue weighted by molar-refractivity contribution is 7.16. The van der Waals surface area contributed by atoms with Gasteiger partial charge in [-0.25, -0.2) is 4.98 Å². The minimum absolute atomic E-state index is 0.00529. The summed E-state index contributed by atoms with van der Waals surface area (Å²) < 4.78 is 0. The van der Waals surface area contributed by atoms with Gasteiger partial charge in [-0.3, -0.25) is 4.79 Å². The second kappa shape index (κ2) is 5.85. The van der Waals surface area contributed by atoms with Crippen molar-refractivity contribution in [1.82, 2.24) is 9.97 Å². The number of carbonyl (C=O) groups excluding carboxylic acids is 1. The zero-order chi connectivity index (χ0) is 14.8. The number of thiophene rings is 1. The van der Waals surface area contributed by atoms with Crippen LogP contribution < -0.4 is 16.0 Å². The molecule has 0 saturated carbocycles. The van der Waals surface area contributed by atoms with Gasteiger partial charge in [0.05, 0.1) is 5.39 Å². The number of carbonyl (C=O) groups is 1. The molecule has 6 nitrogen and oxygen atoms in total. The molecule has 21 heavy (non-hydrogen) atoms. The van der Waals surface area contributed by atoms with Crippen molar-refractivity contribution in [2.45, 2.75) is 19.8 Å². The van der Waals surface area contributed by atoms with Crippen molar-refractivity contribution in [3.05, 3.63) is 11.4 Å². The summed E-state index contributed by atoms with van der Waals surface area (Å²) in [7, 11) is 0. The Balaban J connectivity index is 1.89. The minimum atomic E-state index is -0.189. The molecule has 3 N–H and O–H groups in total. The number of hydrogen-bond donors (Lipinski definition) is 2. The number of nitrogens with zero attached hydrogens (tertiary/aromatic N) is 3. The van der Waals surface area contributed by atoms with E-state index in [1.165, 1.54) is 0 Å². The van der Waals surface area contributed by atoms with Gasteiger partial charge in [0.25, 0.3) is 0 Å². The van der Waals surface area contributed by atoms with E-state index in [-0.39, 0.29) is 11.8 Å². The van der Waals surface area contributed by atoms with E-state index < -0.39 is 0 Å². The summed E-state index contributed by atoms with van der Waals surface area (Å²) in [5, 5.41) is 6.30. The zero-order valence-corrected chi connectivity index (χ0v) is 12.8. The van der Waals surface area contributed by atoms with E-state index in [4.69, 9.17) is 5.73 Å². The lowest BCUT2D eigenvalue weighted by atomic mass is 9.96. The van der Waals surface area contributed by atoms with E-state index in [1.807, 2.05) is 12.3 Å². The Hall–Kier alpha value is -1.89. The summed E-state index contributed by atoms with van der Waals surface area (Å²) in [6.07, 6.45) is 1.59. The lowest BCUT2D eigenvalue weighted by Gasteiger charge is -2.31. The molecule has 1 aliphatic heterocycles. The van der Waals surface area contributed by atoms with E-state index in [1.54, 1.807) is 11.3 Å². The average Bonchev–Trinajstić information content (AvgIpc) is 2.95. The molecule has 0 aromatic carbocycles. The Morgan fingerprint density at radius 2 is 2.24 bits per heavy atom. The number of anilines is 2. The van der Waals surface area contributed by atoms with E-state index in [0.29, 0.717) is 5.95 Å². The topological polar surface area (TPSA) is 84.1 Å². The van der Waals surface area contributed by atoms with Crippen LogP contribution in [0.1, 0.15) is 19.8 Å². The number of nitrogens with two attached hydrogens (primary N) is 1. The van der Waals surface area contributed by atoms with Crippen molar-refractivity contribution in [3.8, 4) is 0 Å². The fraction of sp³-hybridized carbons (Fsp3) is 0.500. The van der Waals surface area contributed by atoms with Crippen molar-refractivity contribution in [2.24, 2.45) is 11.7 Å². The van der Waals surface area contributed by atoms with Gasteiger partial charge in [-0.15, -0.1) is 11.3 Å². The highest BCUT2D eigenvalue weighted by Crippen LogP contribution is 2.31. The van der Waals surface area contributed by atoms with Crippen molar-refractivity contribution in [3.63, 3.8) is 0 Å². The van der Waals surface area contributed by atoms with E-state index >= 15 is 0 Å². The summed E-state index contributed by atoms with van der Waals surface area (Å²) in [5.74, 6) is 1.43. The van der Waals surface area contributed by atoms with Gasteiger partial charge < -0.3 is 16.0 Å². The van der Waals surface area contributed by atoms with Crippen LogP contribution in [-0.2, 0) is 4.79 Å². The number of aromatic nitrogens is 2. The van der Waals surface area contributed by atoms with Gasteiger partial charge in [-0.2, -0.15) is 4.98 Å². The molecule has 0 spiro atoms. The molecule has 0 unspecified atom stereocenters. The highest BCUT2D eigenvalue weighted by atomic mass is 32.1. The molecule has 1 aliphatic rings. The molecule has 3 rings (SSSR count). The third-order valence-electron chi connectivity index (χ3n) is 3.84. The van der Waals surface area contributed by atoms with Gasteiger partial charge in [0.2, 0.25) is 11.9 Å². The van der Waals surface area contributed by atoms with E-state index in [9.17, 15) is 4.79 Å². The Bertz CT molecular complexity index is 648. The molecule has 0 radical (unpaired) electrons. The van der Waals surface area contributed by atoms with Crippen LogP contribution in [0, 0.1) is 5.92 Å². The molecule has 112 valence electrons. The maximum absolute atomic E-state index is 11.3. The molecule has 0 bridgehead atoms. The summed E-state index contributed by atoms with van der Waals surface area (Å²) in [6, 6.07) is 2.06. The largest absolute Gasteiger partial charge is 0.369 e. The predicted octanol–water partition coefficient (Wildman–Crippen LogP) is 1.82. The fourth-order valence-corrected chi connectivity index (χ4v) is 3.45. The predicted molar refractivity (Wildman–Crippen MR) is 85.7 cm³/mol. The molecular weight excluding hydrogens is 286 g/mol. The molecule has 0 atom stereocenters. The van der Waals surface area contributed by atoms with Crippen LogP contribution >= 0.6 is 11.3 Å². The first kappa shape index (κ1) is 14.1. The number of rotatable bonds is 4. The lowest BCUT2D eigenvalue weighted by molar-refractivity contribution is -0.122. The second-order valence-electron chi connectivity index (χ2n) is 5.20. The monoisotopic (exact) mass is 305 g/mol. The normalized spacial score (nSPS) is 16.3. The number of fused-ring (bicyclic) bond motifs is 1. The van der Waals surface area contributed by atoms with Crippen molar-refractivity contribution in [1.29, 1.82) is 0 Å². The molecule has 2 aromatic rings. The van der Waals surface area contributed by atoms with Crippen molar-refractivity contribution >= 4 is 39.2 Å². The first-order valence-corrected chi connectivity index (χ1v) is 8.10. The first-order valence-electron chi connectivity index (χ1n) is 7.22. The highest BCUT2D eigenvalue weighted by Gasteiger charge is 2.25. The number of piperidine rings is 1. The third-order valence-corrected chi connectivity index (χ3v) is 4.64. The minimum Gasteiger partial charge on any atom is -0.369 e. The molecule has 3 heterocycles. The van der Waals surface area contributed by atoms with E-state index in [0.717, 1.165) is 48.5 Å². The average molecular weight is 305 g/mol. The summed E-state index contributed by atoms with van der Waals surface area (Å²) >= 11 is 1.62. The van der Waals surface area contributed by atoms with Crippen LogP contribution in [-0.4, -0.2) is 35.5 Å². The Kier molecular flexibility index (Phi) is 3.92. The molecule has 1 amide bonds. The standard InChI is InChI=1S/C14H19N5OS/c1-2-16-14-17-12(10-5-8-21-13(10)18-14)19-6-3-9(4-7-19)11(15)20/h5,8-9H,2-4,6-7H2,1H3,(H2,15,20)(H,16,17,18). The van der Waals surface area contributed by atoms with Crippen LogP contribution in [0.25, 0.3) is 10.2 Å². The quantitative estimate of drug-likeness (QED) is 0.900. The molecular formula is C14H19N5OS. The number of nitrogens with one attached hydrogen (secondary N) is 1. The molecule has 1 fully saturated rings. The van der Waals surface area contributed by atoms with Gasteiger partial charge in [0.15, 0.2) is 0 Å². The van der Waals surface area contributed by atoms with Gasteiger partial charge in [-0.1, -0.05) is 0 Å². The Morgan fingerprint density at radius 3 is 2.90 bits per heavy atom. The van der Waals surface area contributed by atoms with E-state index in [2.05, 4.69) is 26.3 Å². The SMILES string of the molecule is CCNc1nc(N2CCC(C(N)=O)CC2)c2ccsc2n1. The van der Waals surface area contributed by atoms with Crippen molar-refractivity contribution < 1.29 is 4.79 Å². The van der Waals surface area contributed by atoms with Crippen LogP contribution in [0.5, 0.6) is 0 Å². The van der Waals surface area contributed by atoms with Gasteiger partial charge >= 0.3 is 0 Å². The maximum atomic E-state index is 11.3. The molecule has 1 saturated heterocycles. The second-order valence-corrected chi connectivity index (χ2v) is 6.10. The summed E-state index contributed by atoms with van der Waals surface area (Å²) in [6.45, 7) is 4.43. The third kappa shape index (κ3) is 2.78. The number of amides is 1. The molecule has 0 aliphatic carbocycles. The van der Waals surface area contributed by atoms with Crippen molar-refractivity contribution in [2.75, 3.05) is 29.9 Å². The van der Waals surface area contributed by atoms with Crippen LogP contribution in [0.3, 0.4) is 0 Å². The number of hydrogen-bond acceptors (Lipinski definition) is 6. The van der Waals surface area contributed by atoms with Crippen LogP contribution in [0.4, 0.5) is 11.8 Å². The summed E-state index contributed by atoms with van der Waals surface area (Å²) in [5.41, 5.74) is 5.40. The fourth-order valence-electron chi connectivity index (χ4n) is 2.69. The van der Waals surface area contributed by atoms with Gasteiger partial charge in [0.1, 0.15) is 10.6 Å². The number of primary amides is 1.